The Morgan fingerprint density at radius 3 is 2.19 bits per heavy atom. The van der Waals surface area contributed by atoms with Crippen LogP contribution < -0.4 is 0 Å². The van der Waals surface area contributed by atoms with Gasteiger partial charge in [-0.1, -0.05) is 11.6 Å². The van der Waals surface area contributed by atoms with Crippen molar-refractivity contribution in [2.45, 2.75) is 40.5 Å². The number of rotatable bonds is 6. The summed E-state index contributed by atoms with van der Waals surface area (Å²) in [4.78, 5) is 0. The van der Waals surface area contributed by atoms with E-state index in [-0.39, 0.29) is 6.29 Å². The number of hydrogen-bond acceptors (Lipinski definition) is 3. The van der Waals surface area contributed by atoms with Crippen molar-refractivity contribution in [3.63, 3.8) is 0 Å². The molecule has 0 saturated carbocycles. The van der Waals surface area contributed by atoms with Crippen LogP contribution in [0.15, 0.2) is 0 Å². The minimum atomic E-state index is -0.260. The number of hydrogen-bond donors (Lipinski definition) is 0. The maximum absolute atomic E-state index is 6.07. The fourth-order valence-electron chi connectivity index (χ4n) is 1.52. The first-order valence-electron chi connectivity index (χ1n) is 5.52. The maximum Gasteiger partial charge on any atom is 0.176 e. The molecule has 0 N–H and O–H groups in total. The van der Waals surface area contributed by atoms with Crippen LogP contribution in [-0.4, -0.2) is 29.3 Å². The molecule has 0 atom stereocenters. The van der Waals surface area contributed by atoms with Gasteiger partial charge in [0.1, 0.15) is 0 Å². The summed E-state index contributed by atoms with van der Waals surface area (Å²) >= 11 is 6.07. The predicted molar refractivity (Wildman–Crippen MR) is 63.8 cm³/mol. The summed E-state index contributed by atoms with van der Waals surface area (Å²) in [6.07, 6.45) is -0.260. The van der Waals surface area contributed by atoms with Crippen molar-refractivity contribution in [1.82, 2.24) is 9.78 Å². The molecule has 0 aliphatic carbocycles. The molecule has 1 rings (SSSR count). The Kier molecular flexibility index (Phi) is 5.25. The van der Waals surface area contributed by atoms with Crippen LogP contribution in [0.25, 0.3) is 0 Å². The fraction of sp³-hybridized carbons (Fsp3) is 0.727. The van der Waals surface area contributed by atoms with Gasteiger partial charge in [0.05, 0.1) is 23.0 Å². The van der Waals surface area contributed by atoms with Crippen molar-refractivity contribution >= 4 is 11.6 Å². The van der Waals surface area contributed by atoms with Crippen LogP contribution in [0.2, 0.25) is 5.02 Å². The Labute approximate surface area is 101 Å². The van der Waals surface area contributed by atoms with Gasteiger partial charge in [-0.15, -0.1) is 0 Å². The molecule has 0 amide bonds. The summed E-state index contributed by atoms with van der Waals surface area (Å²) in [5.74, 6) is 0. The highest BCUT2D eigenvalue weighted by Gasteiger charge is 2.14. The number of aromatic nitrogens is 2. The van der Waals surface area contributed by atoms with Gasteiger partial charge in [0.25, 0.3) is 0 Å². The molecule has 0 aromatic carbocycles. The Hall–Kier alpha value is -0.580. The highest BCUT2D eigenvalue weighted by atomic mass is 35.5. The third-order valence-electron chi connectivity index (χ3n) is 2.32. The second kappa shape index (κ2) is 6.23. The van der Waals surface area contributed by atoms with Gasteiger partial charge < -0.3 is 9.47 Å². The molecule has 0 aliphatic rings. The van der Waals surface area contributed by atoms with Crippen molar-refractivity contribution in [1.29, 1.82) is 0 Å². The quantitative estimate of drug-likeness (QED) is 0.724. The van der Waals surface area contributed by atoms with Crippen LogP contribution in [0.1, 0.15) is 25.2 Å². The van der Waals surface area contributed by atoms with E-state index >= 15 is 0 Å². The van der Waals surface area contributed by atoms with E-state index < -0.39 is 0 Å². The molecule has 0 spiro atoms. The Morgan fingerprint density at radius 2 is 1.81 bits per heavy atom. The summed E-state index contributed by atoms with van der Waals surface area (Å²) in [6, 6.07) is 0. The van der Waals surface area contributed by atoms with E-state index in [9.17, 15) is 0 Å². The van der Waals surface area contributed by atoms with Gasteiger partial charge >= 0.3 is 0 Å². The molecule has 92 valence electrons. The number of nitrogens with zero attached hydrogens (tertiary/aromatic N) is 2. The first-order valence-corrected chi connectivity index (χ1v) is 5.90. The summed E-state index contributed by atoms with van der Waals surface area (Å²) in [6.45, 7) is 9.54. The molecule has 0 bridgehead atoms. The van der Waals surface area contributed by atoms with E-state index in [0.29, 0.717) is 24.8 Å². The first kappa shape index (κ1) is 13.5. The monoisotopic (exact) mass is 246 g/mol. The van der Waals surface area contributed by atoms with E-state index in [1.54, 1.807) is 0 Å². The standard InChI is InChI=1S/C11H19ClN2O2/c1-5-15-10(16-6-2)7-14-9(4)11(12)8(3)13-14/h10H,5-7H2,1-4H3. The van der Waals surface area contributed by atoms with Gasteiger partial charge in [0.15, 0.2) is 6.29 Å². The molecular weight excluding hydrogens is 228 g/mol. The lowest BCUT2D eigenvalue weighted by Gasteiger charge is -2.17. The molecule has 1 aromatic rings. The zero-order chi connectivity index (χ0) is 12.1. The molecular formula is C11H19ClN2O2. The Balaban J connectivity index is 2.72. The Morgan fingerprint density at radius 1 is 1.25 bits per heavy atom. The van der Waals surface area contributed by atoms with Crippen LogP contribution in [0.5, 0.6) is 0 Å². The van der Waals surface area contributed by atoms with Crippen molar-refractivity contribution in [3.8, 4) is 0 Å². The van der Waals surface area contributed by atoms with E-state index in [1.165, 1.54) is 0 Å². The molecule has 16 heavy (non-hydrogen) atoms. The molecule has 5 heteroatoms. The Bertz CT molecular complexity index is 333. The van der Waals surface area contributed by atoms with Gasteiger partial charge in [-0.3, -0.25) is 4.68 Å². The van der Waals surface area contributed by atoms with Crippen LogP contribution in [-0.2, 0) is 16.0 Å². The van der Waals surface area contributed by atoms with E-state index in [1.807, 2.05) is 32.4 Å². The molecule has 0 fully saturated rings. The average Bonchev–Trinajstić information content (AvgIpc) is 2.47. The molecule has 0 radical (unpaired) electrons. The molecule has 1 aromatic heterocycles. The van der Waals surface area contributed by atoms with Gasteiger partial charge in [-0.05, 0) is 27.7 Å². The first-order chi connectivity index (χ1) is 7.60. The lowest BCUT2D eigenvalue weighted by atomic mass is 10.4. The van der Waals surface area contributed by atoms with Crippen molar-refractivity contribution in [2.75, 3.05) is 13.2 Å². The number of halogens is 1. The van der Waals surface area contributed by atoms with Gasteiger partial charge in [0, 0.05) is 13.2 Å². The van der Waals surface area contributed by atoms with E-state index in [4.69, 9.17) is 21.1 Å². The summed E-state index contributed by atoms with van der Waals surface area (Å²) in [5.41, 5.74) is 1.79. The normalized spacial score (nSPS) is 11.4. The second-order valence-electron chi connectivity index (χ2n) is 3.51. The predicted octanol–water partition coefficient (Wildman–Crippen LogP) is 2.55. The third kappa shape index (κ3) is 3.20. The largest absolute Gasteiger partial charge is 0.351 e. The zero-order valence-corrected chi connectivity index (χ0v) is 11.0. The maximum atomic E-state index is 6.07. The van der Waals surface area contributed by atoms with E-state index in [0.717, 1.165) is 11.4 Å². The lowest BCUT2D eigenvalue weighted by molar-refractivity contribution is -0.145. The topological polar surface area (TPSA) is 36.3 Å². The van der Waals surface area contributed by atoms with Gasteiger partial charge in [0.2, 0.25) is 0 Å². The smallest absolute Gasteiger partial charge is 0.176 e. The highest BCUT2D eigenvalue weighted by Crippen LogP contribution is 2.19. The minimum absolute atomic E-state index is 0.260. The highest BCUT2D eigenvalue weighted by molar-refractivity contribution is 6.31. The summed E-state index contributed by atoms with van der Waals surface area (Å²) in [7, 11) is 0. The third-order valence-corrected chi connectivity index (χ3v) is 2.87. The van der Waals surface area contributed by atoms with Crippen molar-refractivity contribution in [3.05, 3.63) is 16.4 Å². The zero-order valence-electron chi connectivity index (χ0n) is 10.3. The van der Waals surface area contributed by atoms with Gasteiger partial charge in [-0.25, -0.2) is 0 Å². The van der Waals surface area contributed by atoms with Crippen LogP contribution in [0.4, 0.5) is 0 Å². The molecule has 0 saturated heterocycles. The van der Waals surface area contributed by atoms with Crippen LogP contribution >= 0.6 is 11.6 Å². The summed E-state index contributed by atoms with van der Waals surface area (Å²) < 4.78 is 12.8. The lowest BCUT2D eigenvalue weighted by Crippen LogP contribution is -2.24. The number of aryl methyl sites for hydroxylation is 1. The molecule has 0 unspecified atom stereocenters. The van der Waals surface area contributed by atoms with Crippen molar-refractivity contribution in [2.24, 2.45) is 0 Å². The van der Waals surface area contributed by atoms with Crippen molar-refractivity contribution < 1.29 is 9.47 Å². The molecule has 4 nitrogen and oxygen atoms in total. The molecule has 1 heterocycles. The SMILES string of the molecule is CCOC(Cn1nc(C)c(Cl)c1C)OCC. The van der Waals surface area contributed by atoms with Crippen LogP contribution in [0, 0.1) is 13.8 Å². The van der Waals surface area contributed by atoms with Crippen LogP contribution in [0.3, 0.4) is 0 Å². The number of ether oxygens (including phenoxy) is 2. The average molecular weight is 247 g/mol. The minimum Gasteiger partial charge on any atom is -0.351 e. The fourth-order valence-corrected chi connectivity index (χ4v) is 1.65. The molecule has 0 aliphatic heterocycles. The second-order valence-corrected chi connectivity index (χ2v) is 3.89. The van der Waals surface area contributed by atoms with E-state index in [2.05, 4.69) is 5.10 Å². The summed E-state index contributed by atoms with van der Waals surface area (Å²) in [5, 5.41) is 5.05. The van der Waals surface area contributed by atoms with Gasteiger partial charge in [-0.2, -0.15) is 5.10 Å².